The predicted molar refractivity (Wildman–Crippen MR) is 65.0 cm³/mol. The first-order valence-corrected chi connectivity index (χ1v) is 5.44. The van der Waals surface area contributed by atoms with Crippen LogP contribution in [0.15, 0.2) is 18.5 Å². The fourth-order valence-corrected chi connectivity index (χ4v) is 1.29. The van der Waals surface area contributed by atoms with Crippen LogP contribution in [0, 0.1) is 0 Å². The van der Waals surface area contributed by atoms with E-state index in [2.05, 4.69) is 43.3 Å². The van der Waals surface area contributed by atoms with Crippen LogP contribution in [-0.2, 0) is 6.54 Å². The lowest BCUT2D eigenvalue weighted by atomic mass is 10.1. The average molecular weight is 207 g/mol. The Morgan fingerprint density at radius 2 is 2.07 bits per heavy atom. The van der Waals surface area contributed by atoms with Crippen molar-refractivity contribution in [2.24, 2.45) is 0 Å². The number of nitrogens with one attached hydrogen (secondary N) is 2. The van der Waals surface area contributed by atoms with E-state index in [4.69, 9.17) is 0 Å². The number of hydrogen-bond donors (Lipinski definition) is 2. The van der Waals surface area contributed by atoms with Gasteiger partial charge in [-0.25, -0.2) is 0 Å². The highest BCUT2D eigenvalue weighted by Gasteiger charge is 2.09. The second kappa shape index (κ2) is 5.12. The van der Waals surface area contributed by atoms with E-state index in [1.165, 1.54) is 11.3 Å². The number of nitrogens with zero attached hydrogens (tertiary/aromatic N) is 1. The zero-order valence-corrected chi connectivity index (χ0v) is 10.1. The van der Waals surface area contributed by atoms with Gasteiger partial charge >= 0.3 is 0 Å². The number of anilines is 1. The van der Waals surface area contributed by atoms with E-state index in [1.54, 1.807) is 0 Å². The second-order valence-electron chi connectivity index (χ2n) is 4.67. The van der Waals surface area contributed by atoms with Crippen molar-refractivity contribution in [3.63, 3.8) is 0 Å². The van der Waals surface area contributed by atoms with Gasteiger partial charge in [0.2, 0.25) is 0 Å². The van der Waals surface area contributed by atoms with Gasteiger partial charge in [0.25, 0.3) is 0 Å². The predicted octanol–water partition coefficient (Wildman–Crippen LogP) is 2.40. The van der Waals surface area contributed by atoms with Gasteiger partial charge in [0.1, 0.15) is 0 Å². The highest BCUT2D eigenvalue weighted by Crippen LogP contribution is 2.14. The topological polar surface area (TPSA) is 37.0 Å². The van der Waals surface area contributed by atoms with Gasteiger partial charge in [-0.2, -0.15) is 0 Å². The van der Waals surface area contributed by atoms with E-state index in [0.29, 0.717) is 0 Å². The maximum atomic E-state index is 4.15. The van der Waals surface area contributed by atoms with Crippen molar-refractivity contribution in [1.29, 1.82) is 0 Å². The van der Waals surface area contributed by atoms with Gasteiger partial charge in [0, 0.05) is 42.3 Å². The molecular weight excluding hydrogens is 186 g/mol. The number of pyridine rings is 1. The van der Waals surface area contributed by atoms with Crippen LogP contribution in [0.4, 0.5) is 5.69 Å². The Bertz CT molecular complexity index is 302. The van der Waals surface area contributed by atoms with Gasteiger partial charge in [-0.05, 0) is 33.8 Å². The summed E-state index contributed by atoms with van der Waals surface area (Å²) in [6.07, 6.45) is 3.73. The molecule has 1 aromatic rings. The summed E-state index contributed by atoms with van der Waals surface area (Å²) in [7, 11) is 0. The molecule has 0 bridgehead atoms. The second-order valence-corrected chi connectivity index (χ2v) is 4.67. The fourth-order valence-electron chi connectivity index (χ4n) is 1.29. The fraction of sp³-hybridized carbons (Fsp3) is 0.583. The van der Waals surface area contributed by atoms with Crippen molar-refractivity contribution in [3.05, 3.63) is 24.0 Å². The standard InChI is InChI=1S/C12H21N3/c1-5-14-11-6-7-13-8-10(11)9-15-12(2,3)4/h6-8,15H,5,9H2,1-4H3,(H,13,14). The summed E-state index contributed by atoms with van der Waals surface area (Å²) in [5.74, 6) is 0. The molecule has 3 heteroatoms. The van der Waals surface area contributed by atoms with E-state index in [9.17, 15) is 0 Å². The molecule has 0 fully saturated rings. The molecule has 0 spiro atoms. The molecule has 0 radical (unpaired) electrons. The summed E-state index contributed by atoms with van der Waals surface area (Å²) in [4.78, 5) is 4.15. The quantitative estimate of drug-likeness (QED) is 0.796. The van der Waals surface area contributed by atoms with Crippen molar-refractivity contribution in [1.82, 2.24) is 10.3 Å². The van der Waals surface area contributed by atoms with E-state index >= 15 is 0 Å². The van der Waals surface area contributed by atoms with Crippen LogP contribution >= 0.6 is 0 Å². The summed E-state index contributed by atoms with van der Waals surface area (Å²) in [6.45, 7) is 10.4. The minimum atomic E-state index is 0.138. The molecule has 1 aromatic heterocycles. The summed E-state index contributed by atoms with van der Waals surface area (Å²) in [5.41, 5.74) is 2.53. The van der Waals surface area contributed by atoms with Crippen molar-refractivity contribution in [2.45, 2.75) is 39.8 Å². The maximum Gasteiger partial charge on any atom is 0.0416 e. The van der Waals surface area contributed by atoms with Crippen molar-refractivity contribution < 1.29 is 0 Å². The van der Waals surface area contributed by atoms with E-state index in [1.807, 2.05) is 18.5 Å². The van der Waals surface area contributed by atoms with E-state index in [0.717, 1.165) is 13.1 Å². The van der Waals surface area contributed by atoms with Crippen LogP contribution in [0.2, 0.25) is 0 Å². The normalized spacial score (nSPS) is 11.5. The third kappa shape index (κ3) is 4.30. The molecule has 0 aliphatic carbocycles. The molecule has 1 heterocycles. The van der Waals surface area contributed by atoms with Crippen LogP contribution in [-0.4, -0.2) is 17.1 Å². The SMILES string of the molecule is CCNc1ccncc1CNC(C)(C)C. The molecule has 0 saturated heterocycles. The van der Waals surface area contributed by atoms with Gasteiger partial charge in [0.05, 0.1) is 0 Å². The van der Waals surface area contributed by atoms with Crippen LogP contribution < -0.4 is 10.6 Å². The van der Waals surface area contributed by atoms with E-state index < -0.39 is 0 Å². The summed E-state index contributed by atoms with van der Waals surface area (Å²) < 4.78 is 0. The highest BCUT2D eigenvalue weighted by atomic mass is 15.0. The third-order valence-corrected chi connectivity index (χ3v) is 2.08. The average Bonchev–Trinajstić information content (AvgIpc) is 2.16. The Morgan fingerprint density at radius 3 is 2.67 bits per heavy atom. The molecule has 0 aliphatic heterocycles. The molecule has 0 amide bonds. The van der Waals surface area contributed by atoms with Gasteiger partial charge in [-0.1, -0.05) is 0 Å². The Labute approximate surface area is 92.3 Å². The van der Waals surface area contributed by atoms with Crippen LogP contribution in [0.3, 0.4) is 0 Å². The minimum absolute atomic E-state index is 0.138. The molecule has 0 aliphatic rings. The number of rotatable bonds is 4. The molecule has 1 rings (SSSR count). The smallest absolute Gasteiger partial charge is 0.0416 e. The van der Waals surface area contributed by atoms with Gasteiger partial charge in [-0.3, -0.25) is 4.98 Å². The first-order chi connectivity index (χ1) is 7.03. The Hall–Kier alpha value is -1.09. The summed E-state index contributed by atoms with van der Waals surface area (Å²) in [6, 6.07) is 2.02. The molecule has 3 nitrogen and oxygen atoms in total. The molecule has 15 heavy (non-hydrogen) atoms. The van der Waals surface area contributed by atoms with Crippen molar-refractivity contribution >= 4 is 5.69 Å². The summed E-state index contributed by atoms with van der Waals surface area (Å²) in [5, 5.41) is 6.79. The van der Waals surface area contributed by atoms with Crippen molar-refractivity contribution in [2.75, 3.05) is 11.9 Å². The first-order valence-electron chi connectivity index (χ1n) is 5.44. The molecule has 0 unspecified atom stereocenters. The lowest BCUT2D eigenvalue weighted by Gasteiger charge is -2.21. The summed E-state index contributed by atoms with van der Waals surface area (Å²) >= 11 is 0. The van der Waals surface area contributed by atoms with Gasteiger partial charge < -0.3 is 10.6 Å². The first kappa shape index (κ1) is 12.0. The minimum Gasteiger partial charge on any atom is -0.385 e. The lowest BCUT2D eigenvalue weighted by molar-refractivity contribution is 0.424. The zero-order chi connectivity index (χ0) is 11.3. The van der Waals surface area contributed by atoms with Gasteiger partial charge in [-0.15, -0.1) is 0 Å². The largest absolute Gasteiger partial charge is 0.385 e. The van der Waals surface area contributed by atoms with E-state index in [-0.39, 0.29) is 5.54 Å². The van der Waals surface area contributed by atoms with Gasteiger partial charge in [0.15, 0.2) is 0 Å². The van der Waals surface area contributed by atoms with Crippen LogP contribution in [0.25, 0.3) is 0 Å². The molecule has 0 atom stereocenters. The maximum absolute atomic E-state index is 4.15. The molecule has 0 saturated carbocycles. The molecule has 84 valence electrons. The highest BCUT2D eigenvalue weighted by molar-refractivity contribution is 5.49. The Kier molecular flexibility index (Phi) is 4.09. The Morgan fingerprint density at radius 1 is 1.33 bits per heavy atom. The number of hydrogen-bond acceptors (Lipinski definition) is 3. The lowest BCUT2D eigenvalue weighted by Crippen LogP contribution is -2.35. The number of aromatic nitrogens is 1. The zero-order valence-electron chi connectivity index (χ0n) is 10.1. The molecule has 0 aromatic carbocycles. The molecule has 2 N–H and O–H groups in total. The van der Waals surface area contributed by atoms with Crippen molar-refractivity contribution in [3.8, 4) is 0 Å². The van der Waals surface area contributed by atoms with Crippen LogP contribution in [0.5, 0.6) is 0 Å². The van der Waals surface area contributed by atoms with Crippen LogP contribution in [0.1, 0.15) is 33.3 Å². The Balaban J connectivity index is 2.67. The molecular formula is C12H21N3. The monoisotopic (exact) mass is 207 g/mol. The third-order valence-electron chi connectivity index (χ3n) is 2.08.